The molecule has 1 heterocycles. The molecule has 1 aliphatic carbocycles. The predicted octanol–water partition coefficient (Wildman–Crippen LogP) is 2.90. The van der Waals surface area contributed by atoms with Crippen LogP contribution in [-0.4, -0.2) is 9.97 Å². The summed E-state index contributed by atoms with van der Waals surface area (Å²) in [5.74, 6) is 0. The maximum absolute atomic E-state index is 5.74. The molecule has 0 aromatic carbocycles. The SMILES string of the molecule is Clc1cnc2c(n1)CCCC2Br. The Bertz CT molecular complexity index is 303. The van der Waals surface area contributed by atoms with Gasteiger partial charge in [-0.3, -0.25) is 4.98 Å². The Balaban J connectivity index is 2.46. The molecule has 0 bridgehead atoms. The van der Waals surface area contributed by atoms with Crippen molar-refractivity contribution in [3.63, 3.8) is 0 Å². The van der Waals surface area contributed by atoms with Gasteiger partial charge in [0.25, 0.3) is 0 Å². The smallest absolute Gasteiger partial charge is 0.147 e. The van der Waals surface area contributed by atoms with Crippen LogP contribution in [-0.2, 0) is 6.42 Å². The third-order valence-corrected chi connectivity index (χ3v) is 3.09. The minimum Gasteiger partial charge on any atom is -0.255 e. The van der Waals surface area contributed by atoms with E-state index in [0.29, 0.717) is 9.98 Å². The van der Waals surface area contributed by atoms with Gasteiger partial charge in [-0.2, -0.15) is 0 Å². The molecule has 1 atom stereocenters. The van der Waals surface area contributed by atoms with E-state index in [2.05, 4.69) is 25.9 Å². The third-order valence-electron chi connectivity index (χ3n) is 2.02. The summed E-state index contributed by atoms with van der Waals surface area (Å²) in [5, 5.41) is 0.496. The normalized spacial score (nSPS) is 22.0. The molecular weight excluding hydrogens is 239 g/mol. The van der Waals surface area contributed by atoms with Gasteiger partial charge in [-0.15, -0.1) is 0 Å². The number of halogens is 2. The van der Waals surface area contributed by atoms with Crippen LogP contribution in [0.15, 0.2) is 6.20 Å². The fourth-order valence-corrected chi connectivity index (χ4v) is 2.30. The first kappa shape index (κ1) is 8.45. The van der Waals surface area contributed by atoms with Crippen LogP contribution in [0.4, 0.5) is 0 Å². The van der Waals surface area contributed by atoms with Crippen LogP contribution in [0.2, 0.25) is 5.15 Å². The number of nitrogens with zero attached hydrogens (tertiary/aromatic N) is 2. The average molecular weight is 248 g/mol. The van der Waals surface area contributed by atoms with Gasteiger partial charge < -0.3 is 0 Å². The molecule has 0 amide bonds. The molecular formula is C8H8BrClN2. The van der Waals surface area contributed by atoms with Crippen LogP contribution < -0.4 is 0 Å². The minimum atomic E-state index is 0.367. The summed E-state index contributed by atoms with van der Waals surface area (Å²) in [4.78, 5) is 8.86. The van der Waals surface area contributed by atoms with Gasteiger partial charge in [0.15, 0.2) is 0 Å². The lowest BCUT2D eigenvalue weighted by molar-refractivity contribution is 0.644. The van der Waals surface area contributed by atoms with E-state index < -0.39 is 0 Å². The third kappa shape index (κ3) is 1.48. The summed E-state index contributed by atoms with van der Waals surface area (Å²) in [6, 6.07) is 0. The number of alkyl halides is 1. The molecule has 0 spiro atoms. The standard InChI is InChI=1S/C8H8BrClN2/c9-5-2-1-3-6-8(5)11-4-7(10)12-6/h4-5H,1-3H2. The molecule has 12 heavy (non-hydrogen) atoms. The molecule has 2 rings (SSSR count). The molecule has 0 aliphatic heterocycles. The number of fused-ring (bicyclic) bond motifs is 1. The summed E-state index contributed by atoms with van der Waals surface area (Å²) in [6.45, 7) is 0. The molecule has 1 aromatic rings. The van der Waals surface area contributed by atoms with E-state index in [-0.39, 0.29) is 0 Å². The van der Waals surface area contributed by atoms with Gasteiger partial charge in [0.05, 0.1) is 22.4 Å². The van der Waals surface area contributed by atoms with E-state index in [9.17, 15) is 0 Å². The fraction of sp³-hybridized carbons (Fsp3) is 0.500. The van der Waals surface area contributed by atoms with Crippen molar-refractivity contribution in [3.8, 4) is 0 Å². The van der Waals surface area contributed by atoms with E-state index in [1.807, 2.05) is 0 Å². The maximum atomic E-state index is 5.74. The molecule has 1 aliphatic rings. The Morgan fingerprint density at radius 1 is 1.58 bits per heavy atom. The summed E-state index contributed by atoms with van der Waals surface area (Å²) in [5.41, 5.74) is 2.11. The number of hydrogen-bond acceptors (Lipinski definition) is 2. The van der Waals surface area contributed by atoms with E-state index >= 15 is 0 Å². The van der Waals surface area contributed by atoms with Crippen molar-refractivity contribution < 1.29 is 0 Å². The van der Waals surface area contributed by atoms with Gasteiger partial charge >= 0.3 is 0 Å². The molecule has 0 fully saturated rings. The van der Waals surface area contributed by atoms with Gasteiger partial charge in [-0.05, 0) is 19.3 Å². The highest BCUT2D eigenvalue weighted by Crippen LogP contribution is 2.33. The zero-order valence-electron chi connectivity index (χ0n) is 6.43. The van der Waals surface area contributed by atoms with Crippen LogP contribution >= 0.6 is 27.5 Å². The minimum absolute atomic E-state index is 0.367. The van der Waals surface area contributed by atoms with E-state index in [4.69, 9.17) is 11.6 Å². The molecule has 2 nitrogen and oxygen atoms in total. The van der Waals surface area contributed by atoms with E-state index in [0.717, 1.165) is 30.7 Å². The molecule has 0 radical (unpaired) electrons. The number of aryl methyl sites for hydroxylation is 1. The van der Waals surface area contributed by atoms with Crippen LogP contribution in [0.3, 0.4) is 0 Å². The first-order valence-electron chi connectivity index (χ1n) is 3.93. The summed E-state index contributed by atoms with van der Waals surface area (Å²) < 4.78 is 0. The zero-order chi connectivity index (χ0) is 8.55. The van der Waals surface area contributed by atoms with E-state index in [1.165, 1.54) is 0 Å². The highest BCUT2D eigenvalue weighted by Gasteiger charge is 2.20. The van der Waals surface area contributed by atoms with Crippen LogP contribution in [0.25, 0.3) is 0 Å². The van der Waals surface area contributed by atoms with Crippen LogP contribution in [0, 0.1) is 0 Å². The first-order valence-corrected chi connectivity index (χ1v) is 5.22. The Morgan fingerprint density at radius 2 is 2.42 bits per heavy atom. The fourth-order valence-electron chi connectivity index (χ4n) is 1.44. The molecule has 0 N–H and O–H groups in total. The predicted molar refractivity (Wildman–Crippen MR) is 51.6 cm³/mol. The Kier molecular flexibility index (Phi) is 2.33. The quantitative estimate of drug-likeness (QED) is 0.659. The molecule has 4 heteroatoms. The topological polar surface area (TPSA) is 25.8 Å². The van der Waals surface area contributed by atoms with Crippen molar-refractivity contribution in [1.29, 1.82) is 0 Å². The number of aromatic nitrogens is 2. The van der Waals surface area contributed by atoms with Gasteiger partial charge in [-0.25, -0.2) is 4.98 Å². The van der Waals surface area contributed by atoms with Crippen LogP contribution in [0.1, 0.15) is 29.1 Å². The first-order chi connectivity index (χ1) is 5.77. The van der Waals surface area contributed by atoms with Crippen molar-refractivity contribution in [2.75, 3.05) is 0 Å². The van der Waals surface area contributed by atoms with Gasteiger partial charge in [-0.1, -0.05) is 27.5 Å². The number of hydrogen-bond donors (Lipinski definition) is 0. The highest BCUT2D eigenvalue weighted by molar-refractivity contribution is 9.09. The molecule has 1 unspecified atom stereocenters. The average Bonchev–Trinajstić information content (AvgIpc) is 2.04. The lowest BCUT2D eigenvalue weighted by Crippen LogP contribution is -2.09. The van der Waals surface area contributed by atoms with Crippen molar-refractivity contribution in [2.24, 2.45) is 0 Å². The van der Waals surface area contributed by atoms with Crippen molar-refractivity contribution in [2.45, 2.75) is 24.1 Å². The summed E-state index contributed by atoms with van der Waals surface area (Å²) in [6.07, 6.45) is 4.92. The number of rotatable bonds is 0. The van der Waals surface area contributed by atoms with Gasteiger partial charge in [0.1, 0.15) is 5.15 Å². The Hall–Kier alpha value is -0.150. The van der Waals surface area contributed by atoms with Crippen molar-refractivity contribution in [3.05, 3.63) is 22.7 Å². The highest BCUT2D eigenvalue weighted by atomic mass is 79.9. The second-order valence-electron chi connectivity index (χ2n) is 2.88. The largest absolute Gasteiger partial charge is 0.255 e. The van der Waals surface area contributed by atoms with Crippen molar-refractivity contribution in [1.82, 2.24) is 9.97 Å². The van der Waals surface area contributed by atoms with E-state index in [1.54, 1.807) is 6.20 Å². The monoisotopic (exact) mass is 246 g/mol. The summed E-state index contributed by atoms with van der Waals surface area (Å²) >= 11 is 9.30. The second-order valence-corrected chi connectivity index (χ2v) is 4.38. The summed E-state index contributed by atoms with van der Waals surface area (Å²) in [7, 11) is 0. The maximum Gasteiger partial charge on any atom is 0.147 e. The molecule has 0 saturated heterocycles. The van der Waals surface area contributed by atoms with Crippen LogP contribution in [0.5, 0.6) is 0 Å². The molecule has 64 valence electrons. The lowest BCUT2D eigenvalue weighted by Gasteiger charge is -2.18. The molecule has 1 aromatic heterocycles. The second kappa shape index (κ2) is 3.30. The Morgan fingerprint density at radius 3 is 3.25 bits per heavy atom. The Labute approximate surface area is 84.5 Å². The van der Waals surface area contributed by atoms with Gasteiger partial charge in [0.2, 0.25) is 0 Å². The van der Waals surface area contributed by atoms with Crippen molar-refractivity contribution >= 4 is 27.5 Å². The lowest BCUT2D eigenvalue weighted by atomic mass is 10.0. The zero-order valence-corrected chi connectivity index (χ0v) is 8.77. The molecule has 0 saturated carbocycles. The van der Waals surface area contributed by atoms with Gasteiger partial charge in [0, 0.05) is 0 Å².